The van der Waals surface area contributed by atoms with Crippen LogP contribution in [0.4, 0.5) is 13.9 Å². The standard InChI is InChI=1S/C22H22F2N4O3S.ClH/c1-3-26(4-2)9-10-27(21-25-20-15(24)11-14(23)12-18(20)32-21)19(29)13-28-16-7-5-6-8-17(16)31-22(28)30;/h5-8,11-12H,3-4,9-10,13H2,1-2H3;1H. The lowest BCUT2D eigenvalue weighted by Crippen LogP contribution is -2.41. The zero-order valence-corrected chi connectivity index (χ0v) is 19.7. The van der Waals surface area contributed by atoms with Gasteiger partial charge in [0.25, 0.3) is 0 Å². The number of thiazole rings is 1. The molecule has 4 aromatic rings. The molecule has 0 unspecified atom stereocenters. The van der Waals surface area contributed by atoms with Crippen LogP contribution in [0.5, 0.6) is 0 Å². The highest BCUT2D eigenvalue weighted by molar-refractivity contribution is 7.22. The molecule has 0 aliphatic heterocycles. The Morgan fingerprint density at radius 2 is 1.88 bits per heavy atom. The van der Waals surface area contributed by atoms with Gasteiger partial charge in [0.15, 0.2) is 16.5 Å². The Morgan fingerprint density at radius 3 is 2.61 bits per heavy atom. The van der Waals surface area contributed by atoms with Crippen molar-refractivity contribution >= 4 is 56.1 Å². The maximum Gasteiger partial charge on any atom is 0.420 e. The van der Waals surface area contributed by atoms with Crippen LogP contribution in [0.25, 0.3) is 21.3 Å². The van der Waals surface area contributed by atoms with Gasteiger partial charge >= 0.3 is 5.76 Å². The van der Waals surface area contributed by atoms with Crippen LogP contribution >= 0.6 is 23.7 Å². The van der Waals surface area contributed by atoms with Gasteiger partial charge in [-0.05, 0) is 31.3 Å². The lowest BCUT2D eigenvalue weighted by atomic mass is 10.3. The number of likely N-dealkylation sites (N-methyl/N-ethyl adjacent to an activating group) is 1. The number of para-hydroxylation sites is 2. The average Bonchev–Trinajstić information content (AvgIpc) is 3.32. The SMILES string of the molecule is CCN(CC)CCN(C(=O)Cn1c(=O)oc2ccccc21)c1nc2c(F)cc(F)cc2s1.Cl. The van der Waals surface area contributed by atoms with Gasteiger partial charge in [-0.3, -0.25) is 14.3 Å². The lowest BCUT2D eigenvalue weighted by molar-refractivity contribution is -0.119. The van der Waals surface area contributed by atoms with E-state index < -0.39 is 23.3 Å². The predicted octanol–water partition coefficient (Wildman–Crippen LogP) is 4.28. The van der Waals surface area contributed by atoms with Gasteiger partial charge in [0.05, 0.1) is 10.2 Å². The van der Waals surface area contributed by atoms with Gasteiger partial charge in [-0.1, -0.05) is 37.3 Å². The summed E-state index contributed by atoms with van der Waals surface area (Å²) in [5.74, 6) is -2.52. The van der Waals surface area contributed by atoms with Crippen molar-refractivity contribution in [3.63, 3.8) is 0 Å². The highest BCUT2D eigenvalue weighted by Crippen LogP contribution is 2.31. The third-order valence-corrected chi connectivity index (χ3v) is 6.36. The molecule has 2 aromatic heterocycles. The van der Waals surface area contributed by atoms with Gasteiger partial charge in [0.2, 0.25) is 5.91 Å². The molecule has 0 N–H and O–H groups in total. The number of halogens is 3. The van der Waals surface area contributed by atoms with E-state index in [4.69, 9.17) is 4.42 Å². The maximum atomic E-state index is 14.2. The Balaban J connectivity index is 0.00000306. The second kappa shape index (κ2) is 10.4. The Morgan fingerprint density at radius 1 is 1.15 bits per heavy atom. The fourth-order valence-corrected chi connectivity index (χ4v) is 4.60. The fraction of sp³-hybridized carbons (Fsp3) is 0.318. The van der Waals surface area contributed by atoms with Gasteiger partial charge in [-0.15, -0.1) is 12.4 Å². The molecule has 33 heavy (non-hydrogen) atoms. The Labute approximate surface area is 198 Å². The molecule has 0 aliphatic carbocycles. The van der Waals surface area contributed by atoms with E-state index in [1.807, 2.05) is 13.8 Å². The smallest absolute Gasteiger partial charge is 0.408 e. The number of anilines is 1. The van der Waals surface area contributed by atoms with Crippen LogP contribution in [0.3, 0.4) is 0 Å². The van der Waals surface area contributed by atoms with Crippen LogP contribution < -0.4 is 10.7 Å². The molecule has 2 heterocycles. The molecular formula is C22H23ClF2N4O3S. The van der Waals surface area contributed by atoms with E-state index in [9.17, 15) is 18.4 Å². The van der Waals surface area contributed by atoms with Gasteiger partial charge < -0.3 is 9.32 Å². The summed E-state index contributed by atoms with van der Waals surface area (Å²) < 4.78 is 34.7. The molecule has 0 fully saturated rings. The second-order valence-electron chi connectivity index (χ2n) is 7.22. The molecule has 0 saturated carbocycles. The first-order chi connectivity index (χ1) is 15.4. The molecule has 4 rings (SSSR count). The summed E-state index contributed by atoms with van der Waals surface area (Å²) in [7, 11) is 0. The summed E-state index contributed by atoms with van der Waals surface area (Å²) in [6, 6.07) is 8.81. The second-order valence-corrected chi connectivity index (χ2v) is 8.23. The van der Waals surface area contributed by atoms with Crippen LogP contribution in [0.2, 0.25) is 0 Å². The summed E-state index contributed by atoms with van der Waals surface area (Å²) in [4.78, 5) is 33.5. The zero-order chi connectivity index (χ0) is 22.8. The molecule has 0 saturated heterocycles. The third-order valence-electron chi connectivity index (χ3n) is 5.34. The van der Waals surface area contributed by atoms with Crippen molar-refractivity contribution in [3.05, 3.63) is 58.6 Å². The van der Waals surface area contributed by atoms with Crippen LogP contribution in [0, 0.1) is 11.6 Å². The summed E-state index contributed by atoms with van der Waals surface area (Å²) in [5.41, 5.74) is 0.905. The number of fused-ring (bicyclic) bond motifs is 2. The van der Waals surface area contributed by atoms with E-state index in [1.165, 1.54) is 15.5 Å². The summed E-state index contributed by atoms with van der Waals surface area (Å²) in [6.45, 7) is 6.21. The molecule has 1 amide bonds. The van der Waals surface area contributed by atoms with E-state index in [0.717, 1.165) is 30.5 Å². The maximum absolute atomic E-state index is 14.2. The number of amides is 1. The van der Waals surface area contributed by atoms with Crippen LogP contribution in [-0.4, -0.2) is 46.5 Å². The van der Waals surface area contributed by atoms with Crippen molar-refractivity contribution in [2.45, 2.75) is 20.4 Å². The predicted molar refractivity (Wildman–Crippen MR) is 127 cm³/mol. The van der Waals surface area contributed by atoms with Gasteiger partial charge in [0, 0.05) is 19.2 Å². The number of aromatic nitrogens is 2. The summed E-state index contributed by atoms with van der Waals surface area (Å²) in [6.07, 6.45) is 0. The molecule has 11 heteroatoms. The van der Waals surface area contributed by atoms with E-state index in [0.29, 0.717) is 22.3 Å². The largest absolute Gasteiger partial charge is 0.420 e. The molecule has 176 valence electrons. The molecule has 2 aromatic carbocycles. The molecule has 0 aliphatic rings. The first kappa shape index (κ1) is 24.8. The number of hydrogen-bond acceptors (Lipinski definition) is 6. The minimum absolute atomic E-state index is 0. The van der Waals surface area contributed by atoms with Crippen molar-refractivity contribution in [2.24, 2.45) is 0 Å². The minimum Gasteiger partial charge on any atom is -0.408 e. The Hall–Kier alpha value is -2.82. The number of benzene rings is 2. The van der Waals surface area contributed by atoms with E-state index in [-0.39, 0.29) is 36.1 Å². The first-order valence-corrected chi connectivity index (χ1v) is 11.1. The number of nitrogens with zero attached hydrogens (tertiary/aromatic N) is 4. The van der Waals surface area contributed by atoms with E-state index in [2.05, 4.69) is 9.88 Å². The van der Waals surface area contributed by atoms with Crippen LogP contribution in [0.1, 0.15) is 13.8 Å². The first-order valence-electron chi connectivity index (χ1n) is 10.3. The van der Waals surface area contributed by atoms with Crippen molar-refractivity contribution in [3.8, 4) is 0 Å². The normalized spacial score (nSPS) is 11.3. The summed E-state index contributed by atoms with van der Waals surface area (Å²) >= 11 is 1.03. The van der Waals surface area contributed by atoms with Crippen molar-refractivity contribution in [2.75, 3.05) is 31.1 Å². The molecular weight excluding hydrogens is 474 g/mol. The minimum atomic E-state index is -0.782. The number of rotatable bonds is 8. The Bertz CT molecular complexity index is 1330. The molecule has 7 nitrogen and oxygen atoms in total. The molecule has 0 bridgehead atoms. The van der Waals surface area contributed by atoms with Crippen molar-refractivity contribution in [1.82, 2.24) is 14.5 Å². The highest BCUT2D eigenvalue weighted by atomic mass is 35.5. The number of carbonyl (C=O) groups excluding carboxylic acids is 1. The van der Waals surface area contributed by atoms with Crippen LogP contribution in [0.15, 0.2) is 45.6 Å². The van der Waals surface area contributed by atoms with E-state index in [1.54, 1.807) is 24.3 Å². The fourth-order valence-electron chi connectivity index (χ4n) is 3.55. The van der Waals surface area contributed by atoms with E-state index >= 15 is 0 Å². The zero-order valence-electron chi connectivity index (χ0n) is 18.1. The number of oxazole rings is 1. The highest BCUT2D eigenvalue weighted by Gasteiger charge is 2.24. The monoisotopic (exact) mass is 496 g/mol. The van der Waals surface area contributed by atoms with Gasteiger partial charge in [-0.2, -0.15) is 0 Å². The van der Waals surface area contributed by atoms with Crippen LogP contribution in [-0.2, 0) is 11.3 Å². The topological polar surface area (TPSA) is 71.6 Å². The average molecular weight is 497 g/mol. The molecule has 0 spiro atoms. The third kappa shape index (κ3) is 5.07. The van der Waals surface area contributed by atoms with Gasteiger partial charge in [-0.25, -0.2) is 18.6 Å². The Kier molecular flexibility index (Phi) is 7.83. The molecule has 0 atom stereocenters. The lowest BCUT2D eigenvalue weighted by Gasteiger charge is -2.24. The van der Waals surface area contributed by atoms with Crippen molar-refractivity contribution < 1.29 is 18.0 Å². The van der Waals surface area contributed by atoms with Crippen molar-refractivity contribution in [1.29, 1.82) is 0 Å². The van der Waals surface area contributed by atoms with Gasteiger partial charge in [0.1, 0.15) is 17.9 Å². The number of carbonyl (C=O) groups is 1. The molecule has 0 radical (unpaired) electrons. The number of hydrogen-bond donors (Lipinski definition) is 0. The summed E-state index contributed by atoms with van der Waals surface area (Å²) in [5, 5.41) is 0.252. The quantitative estimate of drug-likeness (QED) is 0.364.